The van der Waals surface area contributed by atoms with Crippen LogP contribution in [-0.2, 0) is 0 Å². The van der Waals surface area contributed by atoms with Gasteiger partial charge in [-0.15, -0.1) is 0 Å². The first-order chi connectivity index (χ1) is 13.1. The van der Waals surface area contributed by atoms with Gasteiger partial charge in [-0.1, -0.05) is 48.5 Å². The molecular weight excluding hydrogens is 345 g/mol. The van der Waals surface area contributed by atoms with Gasteiger partial charge in [0.1, 0.15) is 5.82 Å². The average Bonchev–Trinajstić information content (AvgIpc) is 2.71. The average molecular weight is 359 g/mol. The lowest BCUT2D eigenvalue weighted by Crippen LogP contribution is -2.26. The van der Waals surface area contributed by atoms with Crippen molar-refractivity contribution in [3.05, 3.63) is 101 Å². The minimum absolute atomic E-state index is 0.0392. The van der Waals surface area contributed by atoms with Crippen molar-refractivity contribution in [2.24, 2.45) is 0 Å². The van der Waals surface area contributed by atoms with Crippen LogP contribution in [0.2, 0.25) is 0 Å². The maximum atomic E-state index is 13.9. The Morgan fingerprint density at radius 1 is 0.852 bits per heavy atom. The van der Waals surface area contributed by atoms with Crippen molar-refractivity contribution in [1.29, 1.82) is 0 Å². The predicted molar refractivity (Wildman–Crippen MR) is 102 cm³/mol. The van der Waals surface area contributed by atoms with E-state index in [1.165, 1.54) is 22.9 Å². The summed E-state index contributed by atoms with van der Waals surface area (Å²) in [5.41, 5.74) is 0.288. The molecule has 132 valence electrons. The maximum absolute atomic E-state index is 13.9. The van der Waals surface area contributed by atoms with Crippen LogP contribution >= 0.6 is 0 Å². The van der Waals surface area contributed by atoms with E-state index in [9.17, 15) is 14.0 Å². The highest BCUT2D eigenvalue weighted by atomic mass is 19.1. The molecule has 0 aliphatic rings. The zero-order chi connectivity index (χ0) is 18.8. The number of hydrogen-bond donors (Lipinski definition) is 1. The second-order valence-electron chi connectivity index (χ2n) is 5.88. The zero-order valence-corrected chi connectivity index (χ0v) is 14.1. The van der Waals surface area contributed by atoms with Crippen LogP contribution in [0.15, 0.2) is 83.7 Å². The van der Waals surface area contributed by atoms with Crippen LogP contribution in [0.3, 0.4) is 0 Å². The van der Waals surface area contributed by atoms with Crippen molar-refractivity contribution < 1.29 is 9.18 Å². The quantitative estimate of drug-likeness (QED) is 0.605. The molecule has 0 aliphatic carbocycles. The van der Waals surface area contributed by atoms with Crippen LogP contribution in [0, 0.1) is 5.82 Å². The second-order valence-corrected chi connectivity index (χ2v) is 5.88. The number of carbonyl (C=O) groups is 1. The molecule has 3 aromatic carbocycles. The molecule has 0 saturated carbocycles. The van der Waals surface area contributed by atoms with Crippen molar-refractivity contribution >= 4 is 22.4 Å². The molecule has 0 atom stereocenters. The van der Waals surface area contributed by atoms with E-state index in [0.29, 0.717) is 16.5 Å². The van der Waals surface area contributed by atoms with Gasteiger partial charge in [-0.25, -0.2) is 4.39 Å². The van der Waals surface area contributed by atoms with Gasteiger partial charge >= 0.3 is 0 Å². The number of fused-ring (bicyclic) bond motifs is 1. The highest BCUT2D eigenvalue weighted by Gasteiger charge is 2.18. The predicted octanol–water partition coefficient (Wildman–Crippen LogP) is 3.78. The molecule has 0 unspecified atom stereocenters. The number of benzene rings is 3. The molecule has 4 rings (SSSR count). The molecule has 0 aliphatic heterocycles. The number of halogens is 1. The third kappa shape index (κ3) is 3.08. The number of rotatable bonds is 3. The van der Waals surface area contributed by atoms with Crippen molar-refractivity contribution in [3.63, 3.8) is 0 Å². The lowest BCUT2D eigenvalue weighted by atomic mass is 10.1. The number of amides is 1. The topological polar surface area (TPSA) is 64.0 Å². The van der Waals surface area contributed by atoms with Gasteiger partial charge in [-0.2, -0.15) is 9.78 Å². The standard InChI is InChI=1S/C21H14FN3O2/c22-17-12-6-7-13-18(17)23-20(26)19-15-10-4-5-11-16(15)21(27)25(24-19)14-8-2-1-3-9-14/h1-13H,(H,23,26). The molecule has 1 heterocycles. The van der Waals surface area contributed by atoms with Gasteiger partial charge < -0.3 is 5.32 Å². The van der Waals surface area contributed by atoms with E-state index >= 15 is 0 Å². The van der Waals surface area contributed by atoms with E-state index in [4.69, 9.17) is 0 Å². The molecular formula is C21H14FN3O2. The van der Waals surface area contributed by atoms with Crippen molar-refractivity contribution in [2.75, 3.05) is 5.32 Å². The van der Waals surface area contributed by atoms with E-state index in [1.54, 1.807) is 54.6 Å². The summed E-state index contributed by atoms with van der Waals surface area (Å²) in [7, 11) is 0. The van der Waals surface area contributed by atoms with Gasteiger partial charge in [0.25, 0.3) is 11.5 Å². The van der Waals surface area contributed by atoms with Gasteiger partial charge in [0.15, 0.2) is 5.69 Å². The number of carbonyl (C=O) groups excluding carboxylic acids is 1. The normalized spacial score (nSPS) is 10.7. The molecule has 5 nitrogen and oxygen atoms in total. The molecule has 1 aromatic heterocycles. The lowest BCUT2D eigenvalue weighted by molar-refractivity contribution is 0.102. The molecule has 1 amide bonds. The number of para-hydroxylation sites is 2. The van der Waals surface area contributed by atoms with Crippen molar-refractivity contribution in [3.8, 4) is 5.69 Å². The van der Waals surface area contributed by atoms with Gasteiger partial charge in [-0.3, -0.25) is 9.59 Å². The minimum Gasteiger partial charge on any atom is -0.318 e. The first-order valence-corrected chi connectivity index (χ1v) is 8.28. The number of aromatic nitrogens is 2. The Bertz CT molecular complexity index is 1200. The lowest BCUT2D eigenvalue weighted by Gasteiger charge is -2.11. The summed E-state index contributed by atoms with van der Waals surface area (Å²) in [5.74, 6) is -1.15. The Hall–Kier alpha value is -3.80. The summed E-state index contributed by atoms with van der Waals surface area (Å²) < 4.78 is 15.1. The number of hydrogen-bond acceptors (Lipinski definition) is 3. The van der Waals surface area contributed by atoms with Gasteiger partial charge in [0.05, 0.1) is 16.8 Å². The molecule has 1 N–H and O–H groups in total. The summed E-state index contributed by atoms with van der Waals surface area (Å²) in [4.78, 5) is 25.6. The van der Waals surface area contributed by atoms with Gasteiger partial charge in [0.2, 0.25) is 0 Å². The smallest absolute Gasteiger partial charge is 0.279 e. The second kappa shape index (κ2) is 6.84. The first-order valence-electron chi connectivity index (χ1n) is 8.28. The summed E-state index contributed by atoms with van der Waals surface area (Å²) >= 11 is 0. The SMILES string of the molecule is O=C(Nc1ccccc1F)c1nn(-c2ccccc2)c(=O)c2ccccc12. The number of nitrogens with one attached hydrogen (secondary N) is 1. The van der Waals surface area contributed by atoms with Crippen LogP contribution in [0.1, 0.15) is 10.5 Å². The third-order valence-electron chi connectivity index (χ3n) is 4.14. The Morgan fingerprint density at radius 3 is 2.22 bits per heavy atom. The molecule has 0 saturated heterocycles. The highest BCUT2D eigenvalue weighted by molar-refractivity contribution is 6.11. The summed E-state index contributed by atoms with van der Waals surface area (Å²) in [6, 6.07) is 21.4. The molecule has 0 fully saturated rings. The first kappa shape index (κ1) is 16.7. The summed E-state index contributed by atoms with van der Waals surface area (Å²) in [6.45, 7) is 0. The highest BCUT2D eigenvalue weighted by Crippen LogP contribution is 2.18. The van der Waals surface area contributed by atoms with Crippen LogP contribution in [0.25, 0.3) is 16.5 Å². The Morgan fingerprint density at radius 2 is 1.48 bits per heavy atom. The van der Waals surface area contributed by atoms with Crippen LogP contribution in [0.5, 0.6) is 0 Å². The zero-order valence-electron chi connectivity index (χ0n) is 14.1. The van der Waals surface area contributed by atoms with E-state index in [2.05, 4.69) is 10.4 Å². The molecule has 4 aromatic rings. The minimum atomic E-state index is -0.596. The van der Waals surface area contributed by atoms with Crippen molar-refractivity contribution in [1.82, 2.24) is 9.78 Å². The molecule has 0 spiro atoms. The summed E-state index contributed by atoms with van der Waals surface area (Å²) in [6.07, 6.45) is 0. The Balaban J connectivity index is 1.89. The van der Waals surface area contributed by atoms with Crippen LogP contribution in [-0.4, -0.2) is 15.7 Å². The Labute approximate surface area is 153 Å². The van der Waals surface area contributed by atoms with Crippen LogP contribution < -0.4 is 10.9 Å². The monoisotopic (exact) mass is 359 g/mol. The van der Waals surface area contributed by atoms with E-state index < -0.39 is 11.7 Å². The summed E-state index contributed by atoms with van der Waals surface area (Å²) in [5, 5.41) is 7.55. The van der Waals surface area contributed by atoms with E-state index in [0.717, 1.165) is 0 Å². The van der Waals surface area contributed by atoms with Gasteiger partial charge in [0, 0.05) is 5.39 Å². The molecule has 27 heavy (non-hydrogen) atoms. The number of nitrogens with zero attached hydrogens (tertiary/aromatic N) is 2. The third-order valence-corrected chi connectivity index (χ3v) is 4.14. The Kier molecular flexibility index (Phi) is 4.22. The fourth-order valence-corrected chi connectivity index (χ4v) is 2.85. The fraction of sp³-hybridized carbons (Fsp3) is 0. The van der Waals surface area contributed by atoms with Crippen molar-refractivity contribution in [2.45, 2.75) is 0 Å². The fourth-order valence-electron chi connectivity index (χ4n) is 2.85. The maximum Gasteiger partial charge on any atom is 0.279 e. The van der Waals surface area contributed by atoms with E-state index in [1.807, 2.05) is 6.07 Å². The number of anilines is 1. The molecule has 0 bridgehead atoms. The largest absolute Gasteiger partial charge is 0.318 e. The van der Waals surface area contributed by atoms with Crippen LogP contribution in [0.4, 0.5) is 10.1 Å². The molecule has 0 radical (unpaired) electrons. The van der Waals surface area contributed by atoms with Gasteiger partial charge in [-0.05, 0) is 30.3 Å². The molecule has 6 heteroatoms. The van der Waals surface area contributed by atoms with E-state index in [-0.39, 0.29) is 16.9 Å².